The molecule has 0 saturated carbocycles. The fraction of sp³-hybridized carbons (Fsp3) is 0.375. The van der Waals surface area contributed by atoms with Gasteiger partial charge in [-0.2, -0.15) is 4.52 Å². The maximum Gasteiger partial charge on any atom is 0.243 e. The molecule has 6 heteroatoms. The number of fused-ring (bicyclic) bond motifs is 1. The number of aromatic nitrogens is 4. The van der Waals surface area contributed by atoms with Crippen molar-refractivity contribution in [3.63, 3.8) is 0 Å². The molecule has 0 amide bonds. The minimum atomic E-state index is 0.265. The molecule has 0 aliphatic heterocycles. The maximum absolute atomic E-state index is 5.56. The topological polar surface area (TPSA) is 78.3 Å². The third kappa shape index (κ3) is 1.24. The summed E-state index contributed by atoms with van der Waals surface area (Å²) in [4.78, 5) is 0. The van der Waals surface area contributed by atoms with Crippen molar-refractivity contribution in [3.8, 4) is 5.88 Å². The third-order valence-corrected chi connectivity index (χ3v) is 1.84. The molecule has 2 rings (SSSR count). The van der Waals surface area contributed by atoms with Crippen molar-refractivity contribution in [2.24, 2.45) is 0 Å². The van der Waals surface area contributed by atoms with Crippen LogP contribution < -0.4 is 10.5 Å². The first-order valence-electron chi connectivity index (χ1n) is 4.33. The SMILES string of the molecule is CCOc1nn2c(N)nnc2cc1C. The van der Waals surface area contributed by atoms with Gasteiger partial charge >= 0.3 is 0 Å². The van der Waals surface area contributed by atoms with E-state index in [1.165, 1.54) is 4.52 Å². The molecule has 6 nitrogen and oxygen atoms in total. The quantitative estimate of drug-likeness (QED) is 0.747. The second kappa shape index (κ2) is 3.13. The highest BCUT2D eigenvalue weighted by Gasteiger charge is 2.07. The molecule has 2 heterocycles. The molecule has 74 valence electrons. The lowest BCUT2D eigenvalue weighted by Gasteiger charge is -2.05. The van der Waals surface area contributed by atoms with E-state index in [1.807, 2.05) is 19.9 Å². The minimum Gasteiger partial charge on any atom is -0.477 e. The van der Waals surface area contributed by atoms with E-state index in [1.54, 1.807) is 0 Å². The number of ether oxygens (including phenoxy) is 1. The van der Waals surface area contributed by atoms with E-state index in [0.717, 1.165) is 5.56 Å². The Balaban J connectivity index is 2.61. The molecule has 0 spiro atoms. The molecule has 0 radical (unpaired) electrons. The van der Waals surface area contributed by atoms with Crippen molar-refractivity contribution in [1.29, 1.82) is 0 Å². The zero-order valence-corrected chi connectivity index (χ0v) is 8.06. The number of anilines is 1. The van der Waals surface area contributed by atoms with E-state index in [0.29, 0.717) is 18.1 Å². The van der Waals surface area contributed by atoms with Crippen LogP contribution in [0.4, 0.5) is 5.95 Å². The molecule has 0 saturated heterocycles. The first-order chi connectivity index (χ1) is 6.72. The van der Waals surface area contributed by atoms with Gasteiger partial charge in [-0.05, 0) is 19.9 Å². The Bertz CT molecular complexity index is 464. The van der Waals surface area contributed by atoms with Gasteiger partial charge in [-0.25, -0.2) is 0 Å². The van der Waals surface area contributed by atoms with Gasteiger partial charge in [-0.1, -0.05) is 0 Å². The minimum absolute atomic E-state index is 0.265. The highest BCUT2D eigenvalue weighted by atomic mass is 16.5. The number of hydrogen-bond acceptors (Lipinski definition) is 5. The van der Waals surface area contributed by atoms with Gasteiger partial charge in [-0.3, -0.25) is 0 Å². The van der Waals surface area contributed by atoms with Crippen molar-refractivity contribution in [2.45, 2.75) is 13.8 Å². The molecular weight excluding hydrogens is 182 g/mol. The van der Waals surface area contributed by atoms with Crippen molar-refractivity contribution in [1.82, 2.24) is 19.8 Å². The van der Waals surface area contributed by atoms with Crippen molar-refractivity contribution in [2.75, 3.05) is 12.3 Å². The van der Waals surface area contributed by atoms with Crippen molar-refractivity contribution in [3.05, 3.63) is 11.6 Å². The number of rotatable bonds is 2. The maximum atomic E-state index is 5.56. The van der Waals surface area contributed by atoms with Crippen LogP contribution in [0.25, 0.3) is 5.65 Å². The Hall–Kier alpha value is -1.85. The van der Waals surface area contributed by atoms with Gasteiger partial charge in [0.2, 0.25) is 11.8 Å². The summed E-state index contributed by atoms with van der Waals surface area (Å²) in [6, 6.07) is 1.83. The van der Waals surface area contributed by atoms with Crippen LogP contribution in [0.1, 0.15) is 12.5 Å². The molecule has 0 fully saturated rings. The summed E-state index contributed by atoms with van der Waals surface area (Å²) in [6.07, 6.45) is 0. The summed E-state index contributed by atoms with van der Waals surface area (Å²) in [7, 11) is 0. The number of aryl methyl sites for hydroxylation is 1. The van der Waals surface area contributed by atoms with Crippen molar-refractivity contribution < 1.29 is 4.74 Å². The number of hydrogen-bond donors (Lipinski definition) is 1. The van der Waals surface area contributed by atoms with Crippen LogP contribution in [-0.2, 0) is 0 Å². The summed E-state index contributed by atoms with van der Waals surface area (Å²) in [6.45, 7) is 4.38. The normalized spacial score (nSPS) is 10.7. The summed E-state index contributed by atoms with van der Waals surface area (Å²) in [5.74, 6) is 0.826. The van der Waals surface area contributed by atoms with Crippen molar-refractivity contribution >= 4 is 11.6 Å². The molecule has 14 heavy (non-hydrogen) atoms. The molecule has 0 unspecified atom stereocenters. The Labute approximate surface area is 80.7 Å². The molecule has 0 bridgehead atoms. The van der Waals surface area contributed by atoms with Crippen LogP contribution >= 0.6 is 0 Å². The lowest BCUT2D eigenvalue weighted by atomic mass is 10.3. The predicted molar refractivity (Wildman–Crippen MR) is 51.1 cm³/mol. The fourth-order valence-corrected chi connectivity index (χ4v) is 1.20. The van der Waals surface area contributed by atoms with Gasteiger partial charge in [0.15, 0.2) is 5.65 Å². The van der Waals surface area contributed by atoms with E-state index in [-0.39, 0.29) is 5.95 Å². The van der Waals surface area contributed by atoms with E-state index in [9.17, 15) is 0 Å². The smallest absolute Gasteiger partial charge is 0.243 e. The zero-order valence-electron chi connectivity index (χ0n) is 8.06. The Morgan fingerprint density at radius 2 is 2.29 bits per heavy atom. The Morgan fingerprint density at radius 3 is 3.00 bits per heavy atom. The molecular formula is C8H11N5O. The van der Waals surface area contributed by atoms with Gasteiger partial charge in [0.1, 0.15) is 0 Å². The number of nitrogens with zero attached hydrogens (tertiary/aromatic N) is 4. The lowest BCUT2D eigenvalue weighted by molar-refractivity contribution is 0.319. The van der Waals surface area contributed by atoms with Crippen LogP contribution in [0.15, 0.2) is 6.07 Å². The average molecular weight is 193 g/mol. The number of nitrogens with two attached hydrogens (primary N) is 1. The highest BCUT2D eigenvalue weighted by Crippen LogP contribution is 2.16. The second-order valence-electron chi connectivity index (χ2n) is 2.89. The highest BCUT2D eigenvalue weighted by molar-refractivity contribution is 5.46. The van der Waals surface area contributed by atoms with E-state index in [2.05, 4.69) is 15.3 Å². The Morgan fingerprint density at radius 1 is 1.50 bits per heavy atom. The van der Waals surface area contributed by atoms with Crippen LogP contribution in [0, 0.1) is 6.92 Å². The largest absolute Gasteiger partial charge is 0.477 e. The summed E-state index contributed by atoms with van der Waals surface area (Å²) in [5.41, 5.74) is 7.11. The second-order valence-corrected chi connectivity index (χ2v) is 2.89. The van der Waals surface area contributed by atoms with Gasteiger partial charge in [0.25, 0.3) is 0 Å². The Kier molecular flexibility index (Phi) is 1.95. The van der Waals surface area contributed by atoms with Crippen LogP contribution in [0.2, 0.25) is 0 Å². The van der Waals surface area contributed by atoms with Gasteiger partial charge < -0.3 is 10.5 Å². The zero-order chi connectivity index (χ0) is 10.1. The summed E-state index contributed by atoms with van der Waals surface area (Å²) < 4.78 is 6.78. The van der Waals surface area contributed by atoms with E-state index in [4.69, 9.17) is 10.5 Å². The van der Waals surface area contributed by atoms with Gasteiger partial charge in [0.05, 0.1) is 6.61 Å². The standard InChI is InChI=1S/C8H11N5O/c1-3-14-7-5(2)4-6-10-11-8(9)13(6)12-7/h4H,3H2,1-2H3,(H2,9,11). The fourth-order valence-electron chi connectivity index (χ4n) is 1.20. The summed E-state index contributed by atoms with van der Waals surface area (Å²) >= 11 is 0. The number of nitrogen functional groups attached to an aromatic ring is 1. The average Bonchev–Trinajstić information content (AvgIpc) is 2.49. The molecule has 0 aliphatic rings. The van der Waals surface area contributed by atoms with Crippen LogP contribution in [0.5, 0.6) is 5.88 Å². The predicted octanol–water partition coefficient (Wildman–Crippen LogP) is 0.414. The van der Waals surface area contributed by atoms with Gasteiger partial charge in [0, 0.05) is 5.56 Å². The summed E-state index contributed by atoms with van der Waals surface area (Å²) in [5, 5.41) is 11.7. The van der Waals surface area contributed by atoms with E-state index < -0.39 is 0 Å². The first kappa shape index (κ1) is 8.74. The van der Waals surface area contributed by atoms with Crippen LogP contribution in [-0.4, -0.2) is 26.4 Å². The van der Waals surface area contributed by atoms with Gasteiger partial charge in [-0.15, -0.1) is 15.3 Å². The molecule has 0 atom stereocenters. The molecule has 2 aromatic heterocycles. The molecule has 0 aliphatic carbocycles. The van der Waals surface area contributed by atoms with Crippen LogP contribution in [0.3, 0.4) is 0 Å². The molecule has 2 aromatic rings. The molecule has 0 aromatic carbocycles. The molecule has 2 N–H and O–H groups in total. The monoisotopic (exact) mass is 193 g/mol. The lowest BCUT2D eigenvalue weighted by Crippen LogP contribution is -2.04. The third-order valence-electron chi connectivity index (χ3n) is 1.84. The van der Waals surface area contributed by atoms with E-state index >= 15 is 0 Å². The first-order valence-corrected chi connectivity index (χ1v) is 4.33.